The highest BCUT2D eigenvalue weighted by Crippen LogP contribution is 2.34. The molecule has 0 aliphatic carbocycles. The quantitative estimate of drug-likeness (QED) is 0.581. The van der Waals surface area contributed by atoms with Gasteiger partial charge in [0.1, 0.15) is 11.9 Å². The zero-order valence-corrected chi connectivity index (χ0v) is 17.0. The maximum Gasteiger partial charge on any atom is 0.123 e. The molecule has 2 nitrogen and oxygen atoms in total. The molecule has 0 saturated carbocycles. The van der Waals surface area contributed by atoms with Gasteiger partial charge in [0.2, 0.25) is 0 Å². The van der Waals surface area contributed by atoms with Crippen LogP contribution in [0.25, 0.3) is 10.4 Å². The number of halogens is 1. The molecule has 1 N–H and O–H groups in total. The van der Waals surface area contributed by atoms with Crippen LogP contribution in [0.1, 0.15) is 47.4 Å². The van der Waals surface area contributed by atoms with E-state index in [2.05, 4.69) is 44.2 Å². The number of ether oxygens (including phenoxy) is 1. The smallest absolute Gasteiger partial charge is 0.123 e. The number of aryl methyl sites for hydroxylation is 1. The molecule has 0 radical (unpaired) electrons. The summed E-state index contributed by atoms with van der Waals surface area (Å²) in [7, 11) is 0. The maximum atomic E-state index is 13.2. The lowest BCUT2D eigenvalue weighted by atomic mass is 9.93. The van der Waals surface area contributed by atoms with Crippen LogP contribution in [0.15, 0.2) is 54.6 Å². The van der Waals surface area contributed by atoms with Crippen molar-refractivity contribution in [3.63, 3.8) is 0 Å². The first-order valence-corrected chi connectivity index (χ1v) is 10.6. The van der Waals surface area contributed by atoms with E-state index in [1.807, 2.05) is 12.1 Å². The molecule has 0 unspecified atom stereocenters. The summed E-state index contributed by atoms with van der Waals surface area (Å²) in [6.45, 7) is 4.19. The van der Waals surface area contributed by atoms with E-state index < -0.39 is 6.10 Å². The molecule has 4 rings (SSSR count). The first kappa shape index (κ1) is 19.3. The molecule has 3 aromatic rings. The Kier molecular flexibility index (Phi) is 5.63. The van der Waals surface area contributed by atoms with Gasteiger partial charge in [0.25, 0.3) is 0 Å². The molecule has 0 amide bonds. The Morgan fingerprint density at radius 1 is 1.07 bits per heavy atom. The molecule has 146 valence electrons. The number of rotatable bonds is 4. The van der Waals surface area contributed by atoms with Crippen molar-refractivity contribution in [3.05, 3.63) is 82.0 Å². The second-order valence-electron chi connectivity index (χ2n) is 7.65. The van der Waals surface area contributed by atoms with Gasteiger partial charge in [-0.25, -0.2) is 4.39 Å². The second kappa shape index (κ2) is 8.16. The largest absolute Gasteiger partial charge is 0.390 e. The minimum absolute atomic E-state index is 0.175. The molecule has 2 heterocycles. The number of hydrogen-bond donors (Lipinski definition) is 1. The van der Waals surface area contributed by atoms with Crippen LogP contribution >= 0.6 is 11.3 Å². The van der Waals surface area contributed by atoms with Gasteiger partial charge in [-0.05, 0) is 73.2 Å². The van der Waals surface area contributed by atoms with Crippen molar-refractivity contribution in [2.24, 2.45) is 0 Å². The van der Waals surface area contributed by atoms with E-state index in [0.29, 0.717) is 0 Å². The first-order chi connectivity index (χ1) is 13.5. The number of thiophene rings is 1. The third-order valence-electron chi connectivity index (χ3n) is 5.45. The molecule has 4 heteroatoms. The summed E-state index contributed by atoms with van der Waals surface area (Å²) in [5.41, 5.74) is 4.57. The van der Waals surface area contributed by atoms with Crippen LogP contribution in [0.5, 0.6) is 0 Å². The van der Waals surface area contributed by atoms with Crippen molar-refractivity contribution in [2.45, 2.75) is 51.4 Å². The average Bonchev–Trinajstić information content (AvgIpc) is 3.15. The van der Waals surface area contributed by atoms with E-state index in [-0.39, 0.29) is 18.0 Å². The van der Waals surface area contributed by atoms with Crippen molar-refractivity contribution in [2.75, 3.05) is 0 Å². The summed E-state index contributed by atoms with van der Waals surface area (Å²) in [5.74, 6) is -0.214. The highest BCUT2D eigenvalue weighted by molar-refractivity contribution is 7.15. The van der Waals surface area contributed by atoms with E-state index in [1.54, 1.807) is 11.3 Å². The fraction of sp³-hybridized carbons (Fsp3) is 0.333. The summed E-state index contributed by atoms with van der Waals surface area (Å²) in [4.78, 5) is 2.40. The van der Waals surface area contributed by atoms with Crippen molar-refractivity contribution >= 4 is 11.3 Å². The molecule has 1 aromatic heterocycles. The highest BCUT2D eigenvalue weighted by Gasteiger charge is 2.29. The predicted octanol–water partition coefficient (Wildman–Crippen LogP) is 6.05. The molecule has 2 aromatic carbocycles. The molecule has 0 bridgehead atoms. The molecule has 1 aliphatic heterocycles. The van der Waals surface area contributed by atoms with E-state index in [9.17, 15) is 9.50 Å². The van der Waals surface area contributed by atoms with Gasteiger partial charge in [-0.3, -0.25) is 0 Å². The Morgan fingerprint density at radius 2 is 1.86 bits per heavy atom. The van der Waals surface area contributed by atoms with Crippen LogP contribution < -0.4 is 0 Å². The fourth-order valence-corrected chi connectivity index (χ4v) is 4.79. The maximum absolute atomic E-state index is 13.2. The predicted molar refractivity (Wildman–Crippen MR) is 112 cm³/mol. The molecule has 1 fully saturated rings. The highest BCUT2D eigenvalue weighted by atomic mass is 32.1. The molecule has 3 atom stereocenters. The number of hydrogen-bond acceptors (Lipinski definition) is 3. The first-order valence-electron chi connectivity index (χ1n) is 9.77. The molecular weight excluding hydrogens is 371 g/mol. The SMILES string of the molecule is Cc1ccc([C@@H]2O[C@H](C)CC[C@H]2O)cc1Cc1ccc(-c2ccc(F)cc2)s1. The summed E-state index contributed by atoms with van der Waals surface area (Å²) in [6.07, 6.45) is 2.00. The van der Waals surface area contributed by atoms with Gasteiger partial charge in [-0.1, -0.05) is 30.3 Å². The molecule has 1 aliphatic rings. The van der Waals surface area contributed by atoms with Crippen molar-refractivity contribution in [1.82, 2.24) is 0 Å². The van der Waals surface area contributed by atoms with Crippen molar-refractivity contribution in [3.8, 4) is 10.4 Å². The van der Waals surface area contributed by atoms with Gasteiger partial charge < -0.3 is 9.84 Å². The fourth-order valence-electron chi connectivity index (χ4n) is 3.76. The zero-order chi connectivity index (χ0) is 19.7. The molecule has 1 saturated heterocycles. The second-order valence-corrected chi connectivity index (χ2v) is 8.82. The van der Waals surface area contributed by atoms with Gasteiger partial charge in [-0.2, -0.15) is 0 Å². The summed E-state index contributed by atoms with van der Waals surface area (Å²) >= 11 is 1.73. The van der Waals surface area contributed by atoms with Gasteiger partial charge >= 0.3 is 0 Å². The van der Waals surface area contributed by atoms with Gasteiger partial charge in [0.15, 0.2) is 0 Å². The summed E-state index contributed by atoms with van der Waals surface area (Å²) < 4.78 is 19.2. The summed E-state index contributed by atoms with van der Waals surface area (Å²) in [5, 5.41) is 10.4. The van der Waals surface area contributed by atoms with E-state index in [1.165, 1.54) is 28.1 Å². The van der Waals surface area contributed by atoms with E-state index in [4.69, 9.17) is 4.74 Å². The Hall–Kier alpha value is -2.01. The third kappa shape index (κ3) is 4.19. The van der Waals surface area contributed by atoms with Crippen molar-refractivity contribution < 1.29 is 14.2 Å². The standard InChI is InChI=1S/C24H25FO2S/c1-15-3-5-18(24-22(26)11-4-16(2)27-24)13-19(15)14-21-10-12-23(28-21)17-6-8-20(25)9-7-17/h3,5-10,12-13,16,22,24,26H,4,11,14H2,1-2H3/t16-,22-,24+/m1/s1. The van der Waals surface area contributed by atoms with E-state index >= 15 is 0 Å². The molecule has 0 spiro atoms. The molecular formula is C24H25FO2S. The van der Waals surface area contributed by atoms with Crippen LogP contribution in [0, 0.1) is 12.7 Å². The lowest BCUT2D eigenvalue weighted by Gasteiger charge is -2.33. The average molecular weight is 397 g/mol. The van der Waals surface area contributed by atoms with Crippen LogP contribution in [0.4, 0.5) is 4.39 Å². The van der Waals surface area contributed by atoms with Crippen LogP contribution in [-0.4, -0.2) is 17.3 Å². The Bertz CT molecular complexity index is 947. The number of aliphatic hydroxyl groups excluding tert-OH is 1. The normalized spacial score (nSPS) is 22.4. The van der Waals surface area contributed by atoms with Crippen LogP contribution in [0.2, 0.25) is 0 Å². The van der Waals surface area contributed by atoms with Gasteiger partial charge in [-0.15, -0.1) is 11.3 Å². The Labute approximate surface area is 169 Å². The monoisotopic (exact) mass is 396 g/mol. The number of benzene rings is 2. The minimum atomic E-state index is -0.446. The number of aliphatic hydroxyl groups is 1. The lowest BCUT2D eigenvalue weighted by molar-refractivity contribution is -0.113. The van der Waals surface area contributed by atoms with Crippen LogP contribution in [0.3, 0.4) is 0 Å². The minimum Gasteiger partial charge on any atom is -0.390 e. The zero-order valence-electron chi connectivity index (χ0n) is 16.2. The lowest BCUT2D eigenvalue weighted by Crippen LogP contribution is -2.31. The van der Waals surface area contributed by atoms with Gasteiger partial charge in [0.05, 0.1) is 12.2 Å². The van der Waals surface area contributed by atoms with Gasteiger partial charge in [0, 0.05) is 16.2 Å². The Morgan fingerprint density at radius 3 is 2.64 bits per heavy atom. The third-order valence-corrected chi connectivity index (χ3v) is 6.59. The summed E-state index contributed by atoms with van der Waals surface area (Å²) in [6, 6.07) is 17.2. The van der Waals surface area contributed by atoms with Crippen LogP contribution in [-0.2, 0) is 11.2 Å². The topological polar surface area (TPSA) is 29.5 Å². The van der Waals surface area contributed by atoms with Crippen molar-refractivity contribution in [1.29, 1.82) is 0 Å². The van der Waals surface area contributed by atoms with E-state index in [0.717, 1.165) is 35.3 Å². The molecule has 28 heavy (non-hydrogen) atoms. The Balaban J connectivity index is 1.56.